The number of carbonyl (C=O) groups is 4. The maximum atomic E-state index is 14.3. The molecule has 2 saturated carbocycles. The van der Waals surface area contributed by atoms with Crippen LogP contribution >= 0.6 is 0 Å². The van der Waals surface area contributed by atoms with Crippen LogP contribution in [0.15, 0.2) is 103 Å². The minimum Gasteiger partial charge on any atom is -0.453 e. The summed E-state index contributed by atoms with van der Waals surface area (Å²) in [5, 5.41) is 7.74. The minimum absolute atomic E-state index is 0.0761. The van der Waals surface area contributed by atoms with Gasteiger partial charge >= 0.3 is 12.2 Å². The van der Waals surface area contributed by atoms with Gasteiger partial charge in [-0.1, -0.05) is 92.7 Å². The smallest absolute Gasteiger partial charge is 0.407 e. The minimum atomic E-state index is -0.874. The number of imidazole rings is 2. The SMILES string of the molecule is COC(=O)N[C@H](C(=O)N1[C@@H]2CC[C@H](C2)[C@H]1c1ncc(-c2ccc(-c3ccc4cc(-c5cnc([C@@H]6CC7(CC7)CN6C(=O)[C@@H](NC(=O)OC)C(C)C)[nH]5)ccc4c3)cc2)[nH]1)c1ccccc1. The molecule has 65 heavy (non-hydrogen) atoms. The zero-order chi connectivity index (χ0) is 45.0. The molecular formula is C51H54N8O6. The molecule has 0 unspecified atom stereocenters. The number of nitrogens with one attached hydrogen (secondary N) is 4. The number of methoxy groups -OCH3 is 2. The Balaban J connectivity index is 0.838. The number of hydrogen-bond donors (Lipinski definition) is 4. The van der Waals surface area contributed by atoms with Crippen molar-refractivity contribution in [3.05, 3.63) is 121 Å². The predicted molar refractivity (Wildman–Crippen MR) is 245 cm³/mol. The fraction of sp³-hybridized carbons (Fsp3) is 0.373. The van der Waals surface area contributed by atoms with E-state index >= 15 is 0 Å². The lowest BCUT2D eigenvalue weighted by molar-refractivity contribution is -0.138. The number of fused-ring (bicyclic) bond motifs is 3. The molecule has 2 saturated heterocycles. The third kappa shape index (κ3) is 7.99. The average Bonchev–Trinajstić information content (AvgIpc) is 3.97. The van der Waals surface area contributed by atoms with Gasteiger partial charge in [-0.15, -0.1) is 0 Å². The summed E-state index contributed by atoms with van der Waals surface area (Å²) in [6.45, 7) is 4.51. The van der Waals surface area contributed by atoms with E-state index < -0.39 is 24.3 Å². The second-order valence-electron chi connectivity index (χ2n) is 18.7. The van der Waals surface area contributed by atoms with Crippen LogP contribution < -0.4 is 10.6 Å². The van der Waals surface area contributed by atoms with Crippen LogP contribution in [0, 0.1) is 17.3 Å². The van der Waals surface area contributed by atoms with Crippen LogP contribution in [0.5, 0.6) is 0 Å². The van der Waals surface area contributed by atoms with Crippen molar-refractivity contribution in [3.8, 4) is 33.6 Å². The van der Waals surface area contributed by atoms with E-state index in [0.717, 1.165) is 94.6 Å². The zero-order valence-corrected chi connectivity index (χ0v) is 37.0. The standard InChI is InChI=1S/C51H54N8O6/c1-29(2)42(56-49(62)64-3)47(60)58-28-51(20-21-51)25-41(58)45-52-27-40(54-45)36-17-16-34-22-33(14-15-35(34)23-36)30-10-12-31(13-11-30)39-26-53-46(55-39)44-37-18-19-38(24-37)59(44)48(61)43(57-50(63)65-4)32-8-6-5-7-9-32/h5-17,22-23,26-27,29,37-38,41-44H,18-21,24-25,28H2,1-4H3,(H,52,54)(H,53,55)(H,56,62)(H,57,63)/t37-,38-,41+,42+,43+,44+/m1/s1. The summed E-state index contributed by atoms with van der Waals surface area (Å²) in [6, 6.07) is 28.7. The Kier molecular flexibility index (Phi) is 10.9. The van der Waals surface area contributed by atoms with E-state index in [1.165, 1.54) is 14.2 Å². The molecule has 2 aliphatic carbocycles. The van der Waals surface area contributed by atoms with Crippen molar-refractivity contribution >= 4 is 34.8 Å². The first-order valence-corrected chi connectivity index (χ1v) is 22.6. The first-order valence-electron chi connectivity index (χ1n) is 22.6. The molecular weight excluding hydrogens is 821 g/mol. The summed E-state index contributed by atoms with van der Waals surface area (Å²) in [7, 11) is 2.61. The number of benzene rings is 4. The highest BCUT2D eigenvalue weighted by atomic mass is 16.5. The van der Waals surface area contributed by atoms with Gasteiger partial charge < -0.3 is 39.9 Å². The molecule has 14 nitrogen and oxygen atoms in total. The van der Waals surface area contributed by atoms with E-state index in [0.29, 0.717) is 12.1 Å². The molecule has 0 radical (unpaired) electrons. The molecule has 4 aromatic carbocycles. The first-order chi connectivity index (χ1) is 31.5. The van der Waals surface area contributed by atoms with E-state index in [1.807, 2.05) is 66.4 Å². The molecule has 4 aliphatic rings. The molecule has 4 fully saturated rings. The number of likely N-dealkylation sites (tertiary alicyclic amines) is 2. The maximum absolute atomic E-state index is 14.3. The number of rotatable bonds is 11. The topological polar surface area (TPSA) is 175 Å². The maximum Gasteiger partial charge on any atom is 0.407 e. The third-order valence-corrected chi connectivity index (χ3v) is 14.3. The van der Waals surface area contributed by atoms with Gasteiger partial charge in [0.2, 0.25) is 5.91 Å². The number of aromatic amines is 2. The van der Waals surface area contributed by atoms with E-state index in [4.69, 9.17) is 19.4 Å². The second kappa shape index (κ2) is 16.9. The van der Waals surface area contributed by atoms with Gasteiger partial charge in [-0.25, -0.2) is 19.6 Å². The van der Waals surface area contributed by atoms with Gasteiger partial charge in [0.25, 0.3) is 5.91 Å². The Morgan fingerprint density at radius 1 is 0.723 bits per heavy atom. The number of amides is 4. The molecule has 14 heteroatoms. The molecule has 4 amide bonds. The molecule has 1 spiro atoms. The highest BCUT2D eigenvalue weighted by Crippen LogP contribution is 2.58. The molecule has 4 heterocycles. The van der Waals surface area contributed by atoms with E-state index in [-0.39, 0.29) is 47.2 Å². The largest absolute Gasteiger partial charge is 0.453 e. The molecule has 334 valence electrons. The molecule has 6 aromatic rings. The lowest BCUT2D eigenvalue weighted by Crippen LogP contribution is -2.51. The molecule has 10 rings (SSSR count). The number of H-pyrrole nitrogens is 2. The van der Waals surface area contributed by atoms with E-state index in [9.17, 15) is 19.2 Å². The average molecular weight is 875 g/mol. The monoisotopic (exact) mass is 874 g/mol. The lowest BCUT2D eigenvalue weighted by Gasteiger charge is -2.36. The summed E-state index contributed by atoms with van der Waals surface area (Å²) in [6.07, 6.45) is 8.28. The van der Waals surface area contributed by atoms with Gasteiger partial charge in [0.05, 0.1) is 50.1 Å². The van der Waals surface area contributed by atoms with Crippen LogP contribution in [0.25, 0.3) is 44.4 Å². The van der Waals surface area contributed by atoms with Crippen molar-refractivity contribution < 1.29 is 28.7 Å². The Hall–Kier alpha value is -6.96. The highest BCUT2D eigenvalue weighted by Gasteiger charge is 2.55. The van der Waals surface area contributed by atoms with Crippen molar-refractivity contribution in [1.82, 2.24) is 40.4 Å². The van der Waals surface area contributed by atoms with Crippen LogP contribution in [0.4, 0.5) is 9.59 Å². The quantitative estimate of drug-likeness (QED) is 0.0999. The normalized spacial score (nSPS) is 21.4. The van der Waals surface area contributed by atoms with Gasteiger partial charge in [-0.2, -0.15) is 0 Å². The number of hydrogen-bond acceptors (Lipinski definition) is 8. The van der Waals surface area contributed by atoms with Crippen molar-refractivity contribution in [2.75, 3.05) is 20.8 Å². The van der Waals surface area contributed by atoms with Gasteiger partial charge in [-0.05, 0) is 101 Å². The Morgan fingerprint density at radius 2 is 1.34 bits per heavy atom. The van der Waals surface area contributed by atoms with Crippen LogP contribution in [0.2, 0.25) is 0 Å². The van der Waals surface area contributed by atoms with Crippen LogP contribution in [-0.4, -0.2) is 86.6 Å². The number of carbonyl (C=O) groups excluding carboxylic acids is 4. The fourth-order valence-corrected chi connectivity index (χ4v) is 10.6. The van der Waals surface area contributed by atoms with Gasteiger partial charge in [0, 0.05) is 18.2 Å². The van der Waals surface area contributed by atoms with Crippen molar-refractivity contribution in [2.24, 2.45) is 17.3 Å². The summed E-state index contributed by atoms with van der Waals surface area (Å²) < 4.78 is 9.73. The number of ether oxygens (including phenoxy) is 2. The molecule has 4 N–H and O–H groups in total. The van der Waals surface area contributed by atoms with Gasteiger partial charge in [0.15, 0.2) is 0 Å². The molecule has 2 bridgehead atoms. The van der Waals surface area contributed by atoms with Crippen molar-refractivity contribution in [1.29, 1.82) is 0 Å². The second-order valence-corrected chi connectivity index (χ2v) is 18.7. The number of nitrogens with zero attached hydrogens (tertiary/aromatic N) is 4. The summed E-state index contributed by atoms with van der Waals surface area (Å²) in [4.78, 5) is 73.4. The molecule has 2 aromatic heterocycles. The predicted octanol–water partition coefficient (Wildman–Crippen LogP) is 8.87. The Bertz CT molecular complexity index is 2760. The Labute approximate surface area is 377 Å². The zero-order valence-electron chi connectivity index (χ0n) is 37.0. The lowest BCUT2D eigenvalue weighted by atomic mass is 9.96. The summed E-state index contributed by atoms with van der Waals surface area (Å²) in [5.41, 5.74) is 6.74. The van der Waals surface area contributed by atoms with Crippen molar-refractivity contribution in [3.63, 3.8) is 0 Å². The van der Waals surface area contributed by atoms with E-state index in [1.54, 1.807) is 0 Å². The van der Waals surface area contributed by atoms with Crippen LogP contribution in [-0.2, 0) is 19.1 Å². The van der Waals surface area contributed by atoms with Crippen LogP contribution in [0.3, 0.4) is 0 Å². The fourth-order valence-electron chi connectivity index (χ4n) is 10.6. The molecule has 2 aliphatic heterocycles. The number of alkyl carbamates (subject to hydrolysis) is 2. The Morgan fingerprint density at radius 3 is 2.03 bits per heavy atom. The third-order valence-electron chi connectivity index (χ3n) is 14.3. The highest BCUT2D eigenvalue weighted by molar-refractivity contribution is 5.91. The summed E-state index contributed by atoms with van der Waals surface area (Å²) >= 11 is 0. The van der Waals surface area contributed by atoms with Gasteiger partial charge in [-0.3, -0.25) is 9.59 Å². The van der Waals surface area contributed by atoms with Gasteiger partial charge in [0.1, 0.15) is 23.7 Å². The van der Waals surface area contributed by atoms with Crippen LogP contribution in [0.1, 0.15) is 87.7 Å². The summed E-state index contributed by atoms with van der Waals surface area (Å²) in [5.74, 6) is 1.40. The number of piperidine rings is 1. The van der Waals surface area contributed by atoms with Crippen molar-refractivity contribution in [2.45, 2.75) is 82.6 Å². The molecule has 6 atom stereocenters. The number of aromatic nitrogens is 4. The first kappa shape index (κ1) is 42.0. The van der Waals surface area contributed by atoms with E-state index in [2.05, 4.69) is 81.3 Å².